The maximum absolute atomic E-state index is 12.7. The Morgan fingerprint density at radius 2 is 1.71 bits per heavy atom. The number of nitrogens with one attached hydrogen (secondary N) is 1. The lowest BCUT2D eigenvalue weighted by Gasteiger charge is -2.70. The highest BCUT2D eigenvalue weighted by molar-refractivity contribution is 5.74. The lowest BCUT2D eigenvalue weighted by molar-refractivity contribution is -0.161. The molecular weight excluding hydrogens is 522 g/mol. The summed E-state index contributed by atoms with van der Waals surface area (Å²) in [5.41, 5.74) is 13.1. The van der Waals surface area contributed by atoms with Crippen molar-refractivity contribution in [1.29, 1.82) is 0 Å². The average molecular weight is 572 g/mol. The molecule has 0 radical (unpaired) electrons. The number of H-pyrrole nitrogens is 1. The van der Waals surface area contributed by atoms with Crippen LogP contribution in [0.2, 0.25) is 0 Å². The van der Waals surface area contributed by atoms with Crippen LogP contribution < -0.4 is 5.73 Å². The van der Waals surface area contributed by atoms with Crippen LogP contribution in [-0.2, 0) is 16.6 Å². The van der Waals surface area contributed by atoms with E-state index >= 15 is 0 Å². The van der Waals surface area contributed by atoms with Crippen molar-refractivity contribution in [3.05, 3.63) is 41.1 Å². The molecule has 0 aliphatic heterocycles. The zero-order chi connectivity index (χ0) is 30.0. The number of anilines is 1. The zero-order valence-corrected chi connectivity index (χ0v) is 26.6. The van der Waals surface area contributed by atoms with Gasteiger partial charge in [-0.15, -0.1) is 0 Å². The van der Waals surface area contributed by atoms with E-state index in [9.17, 15) is 9.90 Å². The van der Waals surface area contributed by atoms with Gasteiger partial charge in [-0.25, -0.2) is 9.97 Å². The van der Waals surface area contributed by atoms with Crippen molar-refractivity contribution < 1.29 is 9.90 Å². The van der Waals surface area contributed by atoms with Gasteiger partial charge in [0, 0.05) is 34.6 Å². The molecule has 7 heteroatoms. The third-order valence-corrected chi connectivity index (χ3v) is 14.0. The van der Waals surface area contributed by atoms with E-state index in [4.69, 9.17) is 5.73 Å². The summed E-state index contributed by atoms with van der Waals surface area (Å²) < 4.78 is 0. The van der Waals surface area contributed by atoms with Gasteiger partial charge in [0.2, 0.25) is 0 Å². The Morgan fingerprint density at radius 3 is 2.40 bits per heavy atom. The van der Waals surface area contributed by atoms with Gasteiger partial charge in [-0.3, -0.25) is 9.89 Å². The fraction of sp³-hybridized carbons (Fsp3) is 0.714. The maximum Gasteiger partial charge on any atom is 0.306 e. The lowest BCUT2D eigenvalue weighted by atomic mass is 9.33. The standard InChI is InChI=1S/C35H49N5O2/c1-31(2)13-22-20(23(14-31)30(41)42)8-10-35(7)27(22)21(19-16-37-18-38-17-19)12-26-33(5)15-24-28(39-40-29(24)36)32(3,4)25(33)9-11-34(26,35)6/h16-18,20,22-23,25-26H,8-15H2,1-7H3,(H,41,42)(H3,36,39,40)/t20-,22-,23+,25-,26?,33-,34+,35+/m0/s1. The molecule has 7 nitrogen and oxygen atoms in total. The molecule has 2 aromatic heterocycles. The normalized spacial score (nSPS) is 41.5. The van der Waals surface area contributed by atoms with E-state index in [1.807, 2.05) is 12.4 Å². The summed E-state index contributed by atoms with van der Waals surface area (Å²) in [5, 5.41) is 18.3. The van der Waals surface area contributed by atoms with E-state index in [1.54, 1.807) is 11.9 Å². The zero-order valence-electron chi connectivity index (χ0n) is 26.6. The monoisotopic (exact) mass is 571 g/mol. The fourth-order valence-corrected chi connectivity index (χ4v) is 12.2. The molecule has 0 spiro atoms. The molecule has 0 saturated heterocycles. The summed E-state index contributed by atoms with van der Waals surface area (Å²) in [6.45, 7) is 17.1. The molecule has 3 fully saturated rings. The van der Waals surface area contributed by atoms with E-state index in [-0.39, 0.29) is 44.8 Å². The first-order chi connectivity index (χ1) is 19.6. The van der Waals surface area contributed by atoms with Gasteiger partial charge in [0.05, 0.1) is 5.92 Å². The Morgan fingerprint density at radius 1 is 1.00 bits per heavy atom. The second-order valence-corrected chi connectivity index (χ2v) is 16.8. The third-order valence-electron chi connectivity index (χ3n) is 14.0. The molecule has 3 saturated carbocycles. The number of carboxylic acids is 1. The maximum atomic E-state index is 12.7. The molecule has 2 aromatic rings. The third kappa shape index (κ3) is 3.51. The van der Waals surface area contributed by atoms with Crippen molar-refractivity contribution in [2.75, 3.05) is 5.73 Å². The molecule has 8 atom stereocenters. The predicted octanol–water partition coefficient (Wildman–Crippen LogP) is 7.07. The van der Waals surface area contributed by atoms with Crippen molar-refractivity contribution in [2.45, 2.75) is 105 Å². The number of aromatic nitrogens is 4. The summed E-state index contributed by atoms with van der Waals surface area (Å²) in [7, 11) is 0. The first-order valence-electron chi connectivity index (χ1n) is 16.2. The predicted molar refractivity (Wildman–Crippen MR) is 164 cm³/mol. The average Bonchev–Trinajstić information content (AvgIpc) is 3.28. The van der Waals surface area contributed by atoms with Crippen molar-refractivity contribution in [1.82, 2.24) is 20.2 Å². The lowest BCUT2D eigenvalue weighted by Crippen LogP contribution is -2.64. The van der Waals surface area contributed by atoms with Crippen molar-refractivity contribution >= 4 is 17.4 Å². The number of nitrogens with zero attached hydrogens (tertiary/aromatic N) is 3. The highest BCUT2D eigenvalue weighted by Gasteiger charge is 2.68. The number of aliphatic carboxylic acids is 1. The smallest absolute Gasteiger partial charge is 0.306 e. The molecule has 0 bridgehead atoms. The van der Waals surface area contributed by atoms with Gasteiger partial charge in [0.25, 0.3) is 0 Å². The molecule has 5 aliphatic rings. The van der Waals surface area contributed by atoms with E-state index in [2.05, 4.69) is 68.6 Å². The highest BCUT2D eigenvalue weighted by Crippen LogP contribution is 2.76. The van der Waals surface area contributed by atoms with E-state index in [0.29, 0.717) is 17.7 Å². The second kappa shape index (κ2) is 8.69. The molecule has 0 amide bonds. The fourth-order valence-electron chi connectivity index (χ4n) is 12.2. The number of carbonyl (C=O) groups is 1. The molecule has 2 heterocycles. The number of nitrogen functional groups attached to an aromatic ring is 1. The van der Waals surface area contributed by atoms with Crippen LogP contribution in [0.4, 0.5) is 5.82 Å². The number of aromatic amines is 1. The Bertz CT molecular complexity index is 1480. The van der Waals surface area contributed by atoms with Crippen LogP contribution in [0.15, 0.2) is 24.3 Å². The van der Waals surface area contributed by atoms with Gasteiger partial charge in [-0.2, -0.15) is 5.10 Å². The van der Waals surface area contributed by atoms with Crippen LogP contribution in [-0.4, -0.2) is 31.2 Å². The van der Waals surface area contributed by atoms with Crippen molar-refractivity contribution in [3.63, 3.8) is 0 Å². The summed E-state index contributed by atoms with van der Waals surface area (Å²) in [6, 6.07) is 0. The number of rotatable bonds is 2. The van der Waals surface area contributed by atoms with Gasteiger partial charge in [-0.05, 0) is 102 Å². The summed E-state index contributed by atoms with van der Waals surface area (Å²) >= 11 is 0. The first kappa shape index (κ1) is 28.1. The van der Waals surface area contributed by atoms with Gasteiger partial charge >= 0.3 is 5.97 Å². The molecule has 42 heavy (non-hydrogen) atoms. The Balaban J connectivity index is 1.45. The first-order valence-corrected chi connectivity index (χ1v) is 16.2. The van der Waals surface area contributed by atoms with Crippen LogP contribution >= 0.6 is 0 Å². The Kier molecular flexibility index (Phi) is 5.81. The molecule has 226 valence electrons. The number of hydrogen-bond acceptors (Lipinski definition) is 5. The quantitative estimate of drug-likeness (QED) is 0.355. The number of hydrogen-bond donors (Lipinski definition) is 3. The molecular formula is C35H49N5O2. The summed E-state index contributed by atoms with van der Waals surface area (Å²) in [4.78, 5) is 21.7. The molecule has 0 aromatic carbocycles. The van der Waals surface area contributed by atoms with Gasteiger partial charge in [0.1, 0.15) is 12.1 Å². The van der Waals surface area contributed by atoms with Crippen LogP contribution in [0, 0.1) is 51.2 Å². The van der Waals surface area contributed by atoms with E-state index in [0.717, 1.165) is 44.1 Å². The van der Waals surface area contributed by atoms with Crippen LogP contribution in [0.5, 0.6) is 0 Å². The molecule has 7 rings (SSSR count). The minimum Gasteiger partial charge on any atom is -0.481 e. The van der Waals surface area contributed by atoms with Crippen LogP contribution in [0.25, 0.3) is 5.57 Å². The summed E-state index contributed by atoms with van der Waals surface area (Å²) in [6.07, 6.45) is 13.8. The van der Waals surface area contributed by atoms with E-state index in [1.165, 1.54) is 29.7 Å². The SMILES string of the molecule is CC1(C)C[C@@H]2C3=C(c4cncnc4)CC4[C@@]5(C)Cc6c(N)n[nH]c6C(C)(C)[C@@H]5CC[C@@]4(C)[C@]3(C)CC[C@@H]2[C@H](C(=O)O)C1. The van der Waals surface area contributed by atoms with Crippen LogP contribution in [0.1, 0.15) is 110 Å². The van der Waals surface area contributed by atoms with Crippen molar-refractivity contribution in [2.24, 2.45) is 51.2 Å². The van der Waals surface area contributed by atoms with E-state index < -0.39 is 5.97 Å². The number of carboxylic acid groups (broad SMARTS) is 1. The van der Waals surface area contributed by atoms with Crippen molar-refractivity contribution in [3.8, 4) is 0 Å². The second-order valence-electron chi connectivity index (χ2n) is 16.8. The van der Waals surface area contributed by atoms with Gasteiger partial charge in [-0.1, -0.05) is 54.0 Å². The number of fused-ring (bicyclic) bond motifs is 8. The highest BCUT2D eigenvalue weighted by atomic mass is 16.4. The largest absolute Gasteiger partial charge is 0.481 e. The molecule has 5 aliphatic carbocycles. The Labute approximate surface area is 250 Å². The number of nitrogens with two attached hydrogens (primary N) is 1. The van der Waals surface area contributed by atoms with Gasteiger partial charge in [0.15, 0.2) is 0 Å². The minimum absolute atomic E-state index is 0.0161. The minimum atomic E-state index is -0.613. The topological polar surface area (TPSA) is 118 Å². The molecule has 4 N–H and O–H groups in total. The summed E-state index contributed by atoms with van der Waals surface area (Å²) in [5.74, 6) is 1.16. The van der Waals surface area contributed by atoms with Gasteiger partial charge < -0.3 is 10.8 Å². The number of allylic oxidation sites excluding steroid dienone is 2. The van der Waals surface area contributed by atoms with Crippen LogP contribution in [0.3, 0.4) is 0 Å². The Hall–Kier alpha value is -2.70. The molecule has 1 unspecified atom stereocenters.